The quantitative estimate of drug-likeness (QED) is 0.307. The van der Waals surface area contributed by atoms with Gasteiger partial charge < -0.3 is 10.2 Å². The fraction of sp³-hybridized carbons (Fsp3) is 0.818. The molecular weight excluding hydrogens is 328 g/mol. The summed E-state index contributed by atoms with van der Waals surface area (Å²) < 4.78 is 0. The molecule has 1 aliphatic rings. The Morgan fingerprint density at radius 3 is 1.77 bits per heavy atom. The summed E-state index contributed by atoms with van der Waals surface area (Å²) in [5, 5.41) is 20.0. The van der Waals surface area contributed by atoms with Crippen LogP contribution in [0.2, 0.25) is 0 Å². The Morgan fingerprint density at radius 2 is 1.31 bits per heavy atom. The highest BCUT2D eigenvalue weighted by atomic mass is 16.4. The summed E-state index contributed by atoms with van der Waals surface area (Å²) in [7, 11) is 0. The number of unbranched alkanes of at least 4 members (excludes halogenated alkanes) is 5. The minimum Gasteiger partial charge on any atom is -0.481 e. The van der Waals surface area contributed by atoms with Gasteiger partial charge in [-0.1, -0.05) is 84.3 Å². The van der Waals surface area contributed by atoms with Crippen LogP contribution in [-0.2, 0) is 9.59 Å². The largest absolute Gasteiger partial charge is 0.481 e. The summed E-state index contributed by atoms with van der Waals surface area (Å²) >= 11 is 0. The van der Waals surface area contributed by atoms with Gasteiger partial charge in [-0.05, 0) is 31.6 Å². The molecular formula is C22H38O4. The Hall–Kier alpha value is -1.32. The highest BCUT2D eigenvalue weighted by Crippen LogP contribution is 2.54. The zero-order valence-electron chi connectivity index (χ0n) is 16.9. The molecule has 26 heavy (non-hydrogen) atoms. The summed E-state index contributed by atoms with van der Waals surface area (Å²) in [6, 6.07) is 0. The minimum absolute atomic E-state index is 0.331. The molecule has 4 nitrogen and oxygen atoms in total. The van der Waals surface area contributed by atoms with Gasteiger partial charge in [0.2, 0.25) is 0 Å². The average molecular weight is 367 g/mol. The van der Waals surface area contributed by atoms with E-state index in [9.17, 15) is 19.8 Å². The number of carbonyl (C=O) groups is 2. The maximum absolute atomic E-state index is 12.2. The lowest BCUT2D eigenvalue weighted by molar-refractivity contribution is -0.177. The van der Waals surface area contributed by atoms with Crippen LogP contribution in [0.15, 0.2) is 12.2 Å². The van der Waals surface area contributed by atoms with Crippen LogP contribution in [0.5, 0.6) is 0 Å². The first-order valence-corrected chi connectivity index (χ1v) is 10.4. The molecule has 0 aromatic rings. The summed E-state index contributed by atoms with van der Waals surface area (Å²) in [5.74, 6) is -1.12. The molecule has 0 saturated carbocycles. The van der Waals surface area contributed by atoms with Crippen molar-refractivity contribution in [3.8, 4) is 0 Å². The van der Waals surface area contributed by atoms with Crippen LogP contribution in [0.3, 0.4) is 0 Å². The Balaban J connectivity index is 2.66. The Morgan fingerprint density at radius 1 is 0.846 bits per heavy atom. The Bertz CT molecular complexity index is 483. The standard InChI is InChI=1S/C22H38O4/c1-4-14-21(19(23)24)16-11-12-17-22(21,20(25)26)15-10-8-6-5-7-9-13-18(2)3/h11-12,18H,4-10,13-17H2,1-3H3,(H,23,24)(H,25,26). The van der Waals surface area contributed by atoms with Gasteiger partial charge in [-0.2, -0.15) is 0 Å². The van der Waals surface area contributed by atoms with Crippen molar-refractivity contribution in [3.63, 3.8) is 0 Å². The number of rotatable bonds is 13. The number of aliphatic carboxylic acids is 2. The maximum Gasteiger partial charge on any atom is 0.311 e. The predicted molar refractivity (Wildman–Crippen MR) is 105 cm³/mol. The second kappa shape index (κ2) is 10.7. The number of carboxylic acids is 2. The van der Waals surface area contributed by atoms with Crippen LogP contribution in [0, 0.1) is 16.7 Å². The lowest BCUT2D eigenvalue weighted by Crippen LogP contribution is -2.53. The number of allylic oxidation sites excluding steroid dienone is 2. The molecule has 4 heteroatoms. The molecule has 0 aliphatic heterocycles. The molecule has 2 unspecified atom stereocenters. The van der Waals surface area contributed by atoms with Crippen LogP contribution in [-0.4, -0.2) is 22.2 Å². The summed E-state index contributed by atoms with van der Waals surface area (Å²) in [6.45, 7) is 6.43. The smallest absolute Gasteiger partial charge is 0.311 e. The Kier molecular flexibility index (Phi) is 9.38. The van der Waals surface area contributed by atoms with Crippen molar-refractivity contribution < 1.29 is 19.8 Å². The predicted octanol–water partition coefficient (Wildman–Crippen LogP) is 6.06. The molecule has 0 radical (unpaired) electrons. The van der Waals surface area contributed by atoms with Gasteiger partial charge in [0.1, 0.15) is 0 Å². The number of hydrogen-bond donors (Lipinski definition) is 2. The van der Waals surface area contributed by atoms with E-state index in [0.717, 1.165) is 25.2 Å². The lowest BCUT2D eigenvalue weighted by atomic mass is 9.54. The normalized spacial score (nSPS) is 25.5. The molecule has 2 N–H and O–H groups in total. The molecule has 150 valence electrons. The highest BCUT2D eigenvalue weighted by Gasteiger charge is 2.60. The molecule has 2 atom stereocenters. The molecule has 0 amide bonds. The monoisotopic (exact) mass is 366 g/mol. The van der Waals surface area contributed by atoms with E-state index in [1.165, 1.54) is 25.7 Å². The first-order chi connectivity index (χ1) is 12.3. The van der Waals surface area contributed by atoms with E-state index < -0.39 is 22.8 Å². The van der Waals surface area contributed by atoms with Crippen molar-refractivity contribution in [2.75, 3.05) is 0 Å². The molecule has 1 rings (SSSR count). The third-order valence-electron chi connectivity index (χ3n) is 6.15. The number of hydrogen-bond acceptors (Lipinski definition) is 2. The summed E-state index contributed by atoms with van der Waals surface area (Å²) in [6.07, 6.45) is 13.8. The van der Waals surface area contributed by atoms with Crippen LogP contribution in [0.4, 0.5) is 0 Å². The van der Waals surface area contributed by atoms with Crippen LogP contribution >= 0.6 is 0 Å². The third kappa shape index (κ3) is 5.34. The maximum atomic E-state index is 12.2. The highest BCUT2D eigenvalue weighted by molar-refractivity contribution is 5.87. The minimum atomic E-state index is -1.17. The molecule has 0 aromatic carbocycles. The summed E-state index contributed by atoms with van der Waals surface area (Å²) in [5.41, 5.74) is -2.33. The van der Waals surface area contributed by atoms with E-state index in [-0.39, 0.29) is 0 Å². The zero-order valence-corrected chi connectivity index (χ0v) is 16.9. The van der Waals surface area contributed by atoms with Gasteiger partial charge >= 0.3 is 11.9 Å². The van der Waals surface area contributed by atoms with E-state index in [4.69, 9.17) is 0 Å². The van der Waals surface area contributed by atoms with E-state index in [1.807, 2.05) is 19.1 Å². The topological polar surface area (TPSA) is 74.6 Å². The summed E-state index contributed by atoms with van der Waals surface area (Å²) in [4.78, 5) is 24.4. The van der Waals surface area contributed by atoms with E-state index >= 15 is 0 Å². The molecule has 0 fully saturated rings. The second-order valence-corrected chi connectivity index (χ2v) is 8.46. The van der Waals surface area contributed by atoms with Crippen LogP contribution in [0.25, 0.3) is 0 Å². The van der Waals surface area contributed by atoms with E-state index in [1.54, 1.807) is 0 Å². The molecule has 0 heterocycles. The third-order valence-corrected chi connectivity index (χ3v) is 6.15. The van der Waals surface area contributed by atoms with Crippen molar-refractivity contribution in [2.24, 2.45) is 16.7 Å². The Labute approximate surface area is 159 Å². The van der Waals surface area contributed by atoms with Gasteiger partial charge in [-0.3, -0.25) is 9.59 Å². The van der Waals surface area contributed by atoms with Crippen molar-refractivity contribution in [1.29, 1.82) is 0 Å². The molecule has 0 spiro atoms. The van der Waals surface area contributed by atoms with E-state index in [2.05, 4.69) is 13.8 Å². The van der Waals surface area contributed by atoms with Crippen molar-refractivity contribution >= 4 is 11.9 Å². The average Bonchev–Trinajstić information content (AvgIpc) is 2.58. The molecule has 0 aromatic heterocycles. The number of carboxylic acid groups (broad SMARTS) is 2. The first kappa shape index (κ1) is 22.7. The fourth-order valence-corrected chi connectivity index (χ4v) is 4.55. The van der Waals surface area contributed by atoms with Gasteiger partial charge in [0.25, 0.3) is 0 Å². The van der Waals surface area contributed by atoms with Crippen molar-refractivity contribution in [2.45, 2.75) is 97.8 Å². The fourth-order valence-electron chi connectivity index (χ4n) is 4.55. The van der Waals surface area contributed by atoms with Crippen molar-refractivity contribution in [1.82, 2.24) is 0 Å². The van der Waals surface area contributed by atoms with Gasteiger partial charge in [0, 0.05) is 0 Å². The SMILES string of the molecule is CCCC1(C(=O)O)CC=CCC1(CCCCCCCCC(C)C)C(=O)O. The van der Waals surface area contributed by atoms with Crippen LogP contribution < -0.4 is 0 Å². The molecule has 0 bridgehead atoms. The van der Waals surface area contributed by atoms with Gasteiger partial charge in [-0.25, -0.2) is 0 Å². The van der Waals surface area contributed by atoms with Gasteiger partial charge in [0.15, 0.2) is 0 Å². The van der Waals surface area contributed by atoms with Crippen LogP contribution in [0.1, 0.15) is 97.8 Å². The van der Waals surface area contributed by atoms with Crippen molar-refractivity contribution in [3.05, 3.63) is 12.2 Å². The molecule has 1 aliphatic carbocycles. The lowest BCUT2D eigenvalue weighted by Gasteiger charge is -2.46. The zero-order chi connectivity index (χ0) is 19.6. The van der Waals surface area contributed by atoms with Gasteiger partial charge in [-0.15, -0.1) is 0 Å². The van der Waals surface area contributed by atoms with Gasteiger partial charge in [0.05, 0.1) is 10.8 Å². The first-order valence-electron chi connectivity index (χ1n) is 10.4. The second-order valence-electron chi connectivity index (χ2n) is 8.46. The van der Waals surface area contributed by atoms with E-state index in [0.29, 0.717) is 32.1 Å². The molecule has 0 saturated heterocycles.